The summed E-state index contributed by atoms with van der Waals surface area (Å²) in [4.78, 5) is 32.8. The van der Waals surface area contributed by atoms with E-state index in [1.807, 2.05) is 18.2 Å². The molecular formula is C21H24N4O3S. The smallest absolute Gasteiger partial charge is 0.261 e. The molecule has 8 heteroatoms. The topological polar surface area (TPSA) is 90.5 Å². The van der Waals surface area contributed by atoms with Crippen LogP contribution in [-0.4, -0.2) is 39.6 Å². The number of hydrogen-bond donors (Lipinski definition) is 1. The number of primary amides is 1. The van der Waals surface area contributed by atoms with Crippen molar-refractivity contribution in [2.45, 2.75) is 38.6 Å². The molecule has 2 N–H and O–H groups in total. The van der Waals surface area contributed by atoms with Crippen LogP contribution in [0.2, 0.25) is 0 Å². The van der Waals surface area contributed by atoms with Crippen molar-refractivity contribution < 1.29 is 9.53 Å². The summed E-state index contributed by atoms with van der Waals surface area (Å²) in [7, 11) is 0. The Kier molecular flexibility index (Phi) is 6.03. The predicted octanol–water partition coefficient (Wildman–Crippen LogP) is 2.12. The maximum atomic E-state index is 13.0. The molecule has 0 saturated carbocycles. The molecule has 0 aliphatic carbocycles. The maximum Gasteiger partial charge on any atom is 0.261 e. The Balaban J connectivity index is 1.69. The lowest BCUT2D eigenvalue weighted by Crippen LogP contribution is -2.36. The summed E-state index contributed by atoms with van der Waals surface area (Å²) in [5.74, 6) is -0.0172. The molecule has 4 rings (SSSR count). The van der Waals surface area contributed by atoms with Crippen LogP contribution in [-0.2, 0) is 29.2 Å². The van der Waals surface area contributed by atoms with Gasteiger partial charge in [-0.1, -0.05) is 18.2 Å². The summed E-state index contributed by atoms with van der Waals surface area (Å²) in [6.45, 7) is 2.52. The van der Waals surface area contributed by atoms with E-state index in [1.54, 1.807) is 23.5 Å². The van der Waals surface area contributed by atoms with Crippen molar-refractivity contribution in [3.05, 3.63) is 62.8 Å². The molecule has 2 aromatic heterocycles. The summed E-state index contributed by atoms with van der Waals surface area (Å²) in [6, 6.07) is 11.3. The van der Waals surface area contributed by atoms with Crippen LogP contribution in [0.5, 0.6) is 0 Å². The van der Waals surface area contributed by atoms with Gasteiger partial charge in [0.15, 0.2) is 0 Å². The van der Waals surface area contributed by atoms with Crippen molar-refractivity contribution >= 4 is 28.1 Å². The number of nitrogens with two attached hydrogens (primary N) is 1. The second kappa shape index (κ2) is 8.86. The number of hydrogen-bond acceptors (Lipinski definition) is 6. The van der Waals surface area contributed by atoms with Crippen LogP contribution in [0.3, 0.4) is 0 Å². The van der Waals surface area contributed by atoms with E-state index in [4.69, 9.17) is 15.5 Å². The third kappa shape index (κ3) is 4.72. The fourth-order valence-electron chi connectivity index (χ4n) is 3.74. The highest BCUT2D eigenvalue weighted by atomic mass is 32.1. The summed E-state index contributed by atoms with van der Waals surface area (Å²) in [5, 5.41) is 2.54. The molecule has 0 bridgehead atoms. The van der Waals surface area contributed by atoms with E-state index in [1.165, 1.54) is 9.44 Å². The van der Waals surface area contributed by atoms with Crippen LogP contribution in [0.15, 0.2) is 46.6 Å². The SMILES string of the molecule is NC(=O)Cn1c(CN(Cc2cccs2)C[C@H]2CCCO2)nc2ccccc2c1=O. The van der Waals surface area contributed by atoms with E-state index in [-0.39, 0.29) is 18.2 Å². The molecule has 1 atom stereocenters. The number of thiophene rings is 1. The van der Waals surface area contributed by atoms with Crippen molar-refractivity contribution in [3.63, 3.8) is 0 Å². The molecule has 29 heavy (non-hydrogen) atoms. The average Bonchev–Trinajstić information content (AvgIpc) is 3.39. The zero-order valence-electron chi connectivity index (χ0n) is 16.1. The van der Waals surface area contributed by atoms with Gasteiger partial charge in [-0.2, -0.15) is 0 Å². The number of rotatable bonds is 8. The fourth-order valence-corrected chi connectivity index (χ4v) is 4.48. The molecule has 3 heterocycles. The Bertz CT molecular complexity index is 1040. The first-order valence-corrected chi connectivity index (χ1v) is 10.6. The fraction of sp³-hybridized carbons (Fsp3) is 0.381. The lowest BCUT2D eigenvalue weighted by Gasteiger charge is -2.25. The number of amides is 1. The highest BCUT2D eigenvalue weighted by Crippen LogP contribution is 2.19. The standard InChI is InChI=1S/C21H24N4O3S/c22-19(26)13-25-20(23-18-8-2-1-7-17(18)21(25)27)14-24(11-15-5-3-9-28-15)12-16-6-4-10-29-16/h1-2,4,6-8,10,15H,3,5,9,11-14H2,(H2,22,26)/t15-/m1/s1. The molecule has 7 nitrogen and oxygen atoms in total. The zero-order valence-corrected chi connectivity index (χ0v) is 16.9. The van der Waals surface area contributed by atoms with E-state index in [0.29, 0.717) is 23.3 Å². The minimum atomic E-state index is -0.561. The second-order valence-electron chi connectivity index (χ2n) is 7.29. The third-order valence-electron chi connectivity index (χ3n) is 5.07. The first kappa shape index (κ1) is 19.8. The van der Waals surface area contributed by atoms with Crippen molar-refractivity contribution in [2.24, 2.45) is 5.73 Å². The summed E-state index contributed by atoms with van der Waals surface area (Å²) >= 11 is 1.69. The monoisotopic (exact) mass is 412 g/mol. The van der Waals surface area contributed by atoms with Gasteiger partial charge in [-0.25, -0.2) is 4.98 Å². The first-order valence-electron chi connectivity index (χ1n) is 9.73. The van der Waals surface area contributed by atoms with Crippen molar-refractivity contribution in [1.29, 1.82) is 0 Å². The number of carbonyl (C=O) groups excluding carboxylic acids is 1. The molecule has 152 valence electrons. The van der Waals surface area contributed by atoms with E-state index in [9.17, 15) is 9.59 Å². The quantitative estimate of drug-likeness (QED) is 0.612. The third-order valence-corrected chi connectivity index (χ3v) is 5.93. The molecule has 3 aromatic rings. The number of ether oxygens (including phenoxy) is 1. The zero-order chi connectivity index (χ0) is 20.2. The average molecular weight is 413 g/mol. The van der Waals surface area contributed by atoms with Gasteiger partial charge in [-0.05, 0) is 36.4 Å². The minimum Gasteiger partial charge on any atom is -0.377 e. The van der Waals surface area contributed by atoms with Gasteiger partial charge in [-0.15, -0.1) is 11.3 Å². The number of nitrogens with zero attached hydrogens (tertiary/aromatic N) is 3. The van der Waals surface area contributed by atoms with E-state index in [0.717, 1.165) is 32.5 Å². The molecule has 1 saturated heterocycles. The van der Waals surface area contributed by atoms with Crippen LogP contribution in [0.4, 0.5) is 0 Å². The summed E-state index contributed by atoms with van der Waals surface area (Å²) in [6.07, 6.45) is 2.27. The van der Waals surface area contributed by atoms with Crippen LogP contribution in [0.1, 0.15) is 23.5 Å². The summed E-state index contributed by atoms with van der Waals surface area (Å²) in [5.41, 5.74) is 5.81. The van der Waals surface area contributed by atoms with Crippen molar-refractivity contribution in [3.8, 4) is 0 Å². The van der Waals surface area contributed by atoms with Gasteiger partial charge in [-0.3, -0.25) is 19.1 Å². The molecule has 1 aliphatic rings. The van der Waals surface area contributed by atoms with Gasteiger partial charge in [0.25, 0.3) is 5.56 Å². The molecule has 1 aliphatic heterocycles. The Morgan fingerprint density at radius 3 is 2.86 bits per heavy atom. The molecule has 1 fully saturated rings. The van der Waals surface area contributed by atoms with E-state index >= 15 is 0 Å². The molecule has 1 aromatic carbocycles. The van der Waals surface area contributed by atoms with Crippen LogP contribution >= 0.6 is 11.3 Å². The molecule has 0 radical (unpaired) electrons. The molecular weight excluding hydrogens is 388 g/mol. The maximum absolute atomic E-state index is 13.0. The minimum absolute atomic E-state index is 0.173. The second-order valence-corrected chi connectivity index (χ2v) is 8.32. The Hall–Kier alpha value is -2.55. The molecule has 1 amide bonds. The Morgan fingerprint density at radius 2 is 2.14 bits per heavy atom. The molecule has 0 unspecified atom stereocenters. The van der Waals surface area contributed by atoms with E-state index in [2.05, 4.69) is 16.3 Å². The largest absolute Gasteiger partial charge is 0.377 e. The number of para-hydroxylation sites is 1. The van der Waals surface area contributed by atoms with Gasteiger partial charge in [0, 0.05) is 24.6 Å². The van der Waals surface area contributed by atoms with Crippen LogP contribution < -0.4 is 11.3 Å². The Morgan fingerprint density at radius 1 is 1.28 bits per heavy atom. The van der Waals surface area contributed by atoms with Crippen molar-refractivity contribution in [2.75, 3.05) is 13.2 Å². The number of carbonyl (C=O) groups is 1. The van der Waals surface area contributed by atoms with Gasteiger partial charge in [0.05, 0.1) is 23.6 Å². The number of benzene rings is 1. The molecule has 0 spiro atoms. The van der Waals surface area contributed by atoms with E-state index < -0.39 is 5.91 Å². The van der Waals surface area contributed by atoms with Gasteiger partial charge < -0.3 is 10.5 Å². The summed E-state index contributed by atoms with van der Waals surface area (Å²) < 4.78 is 7.23. The lowest BCUT2D eigenvalue weighted by atomic mass is 10.2. The van der Waals surface area contributed by atoms with Gasteiger partial charge in [0.2, 0.25) is 5.91 Å². The van der Waals surface area contributed by atoms with Crippen LogP contribution in [0.25, 0.3) is 10.9 Å². The highest BCUT2D eigenvalue weighted by molar-refractivity contribution is 7.09. The number of aromatic nitrogens is 2. The lowest BCUT2D eigenvalue weighted by molar-refractivity contribution is -0.118. The van der Waals surface area contributed by atoms with Gasteiger partial charge in [0.1, 0.15) is 12.4 Å². The van der Waals surface area contributed by atoms with Crippen LogP contribution in [0, 0.1) is 0 Å². The van der Waals surface area contributed by atoms with Gasteiger partial charge >= 0.3 is 0 Å². The Labute approximate surface area is 172 Å². The predicted molar refractivity (Wildman–Crippen MR) is 113 cm³/mol. The highest BCUT2D eigenvalue weighted by Gasteiger charge is 2.22. The first-order chi connectivity index (χ1) is 14.1. The normalized spacial score (nSPS) is 16.7. The number of fused-ring (bicyclic) bond motifs is 1. The van der Waals surface area contributed by atoms with Crippen molar-refractivity contribution in [1.82, 2.24) is 14.5 Å².